The average Bonchev–Trinajstić information content (AvgIpc) is 2.83. The van der Waals surface area contributed by atoms with Crippen LogP contribution in [0.3, 0.4) is 0 Å². The number of nitrogens with zero attached hydrogens (tertiary/aromatic N) is 2. The summed E-state index contributed by atoms with van der Waals surface area (Å²) in [5, 5.41) is 0. The summed E-state index contributed by atoms with van der Waals surface area (Å²) < 4.78 is 115. The fourth-order valence-electron chi connectivity index (χ4n) is 3.33. The van der Waals surface area contributed by atoms with Crippen LogP contribution in [0.4, 0.5) is 0 Å². The van der Waals surface area contributed by atoms with Crippen LogP contribution in [-0.2, 0) is 66.1 Å². The second kappa shape index (κ2) is 15.5. The van der Waals surface area contributed by atoms with E-state index < -0.39 is 46.2 Å². The summed E-state index contributed by atoms with van der Waals surface area (Å²) in [6.45, 7) is 0.662. The lowest BCUT2D eigenvalue weighted by molar-refractivity contribution is 0.275. The molecule has 1 N–H and O–H groups in total. The third-order valence-corrected chi connectivity index (χ3v) is 9.79. The van der Waals surface area contributed by atoms with Crippen molar-refractivity contribution in [2.75, 3.05) is 70.5 Å². The Morgan fingerprint density at radius 3 is 1.34 bits per heavy atom. The van der Waals surface area contributed by atoms with Crippen LogP contribution >= 0.6 is 0 Å². The molecule has 0 aliphatic heterocycles. The van der Waals surface area contributed by atoms with Gasteiger partial charge in [0.15, 0.2) is 0 Å². The first-order valence-electron chi connectivity index (χ1n) is 11.3. The maximum Gasteiger partial charge on any atom is 0.268 e. The van der Waals surface area contributed by atoms with E-state index in [2.05, 4.69) is 12.5 Å². The molecule has 38 heavy (non-hydrogen) atoms. The van der Waals surface area contributed by atoms with Crippen LogP contribution in [0, 0.1) is 0 Å². The van der Waals surface area contributed by atoms with Crippen molar-refractivity contribution in [2.24, 2.45) is 0 Å². The Kier molecular flexibility index (Phi) is 14.2. The minimum atomic E-state index is -4.18. The molecule has 0 heterocycles. The third kappa shape index (κ3) is 15.4. The number of hydrogen-bond acceptors (Lipinski definition) is 13. The van der Waals surface area contributed by atoms with Gasteiger partial charge in [-0.3, -0.25) is 26.9 Å². The summed E-state index contributed by atoms with van der Waals surface area (Å²) in [5.74, 6) is -1.52. The molecule has 0 aromatic heterocycles. The second-order valence-electron chi connectivity index (χ2n) is 8.30. The minimum Gasteiger partial charge on any atom is -0.298 e. The van der Waals surface area contributed by atoms with Crippen LogP contribution in [0.5, 0.6) is 0 Å². The molecule has 222 valence electrons. The van der Waals surface area contributed by atoms with Crippen LogP contribution in [0.25, 0.3) is 0 Å². The van der Waals surface area contributed by atoms with Gasteiger partial charge in [-0.05, 0) is 24.1 Å². The summed E-state index contributed by atoms with van der Waals surface area (Å²) in [7, 11) is -12.4. The number of rotatable bonds is 20. The molecule has 18 heteroatoms. The van der Waals surface area contributed by atoms with Crippen molar-refractivity contribution in [1.82, 2.24) is 9.80 Å². The SMILES string of the molecule is COS(=O)(=O)CCN(CCCS(=O)(=O)O)Cc1cccc(CN(CCS(=O)(=O)OC)CCS(=O)(=O)OC)c1. The number of hydrogen-bond donors (Lipinski definition) is 1. The number of benzene rings is 1. The van der Waals surface area contributed by atoms with Crippen LogP contribution in [0.2, 0.25) is 0 Å². The highest BCUT2D eigenvalue weighted by atomic mass is 32.2. The highest BCUT2D eigenvalue weighted by molar-refractivity contribution is 7.87. The summed E-state index contributed by atoms with van der Waals surface area (Å²) in [6.07, 6.45) is 0.0707. The fourth-order valence-corrected chi connectivity index (χ4v) is 5.77. The van der Waals surface area contributed by atoms with Crippen molar-refractivity contribution in [2.45, 2.75) is 19.5 Å². The zero-order chi connectivity index (χ0) is 29.0. The van der Waals surface area contributed by atoms with Gasteiger partial charge in [-0.15, -0.1) is 0 Å². The second-order valence-corrected chi connectivity index (χ2v) is 15.4. The highest BCUT2D eigenvalue weighted by Crippen LogP contribution is 2.13. The van der Waals surface area contributed by atoms with Gasteiger partial charge in [-0.2, -0.15) is 33.7 Å². The van der Waals surface area contributed by atoms with E-state index in [9.17, 15) is 33.7 Å². The zero-order valence-electron chi connectivity index (χ0n) is 21.6. The van der Waals surface area contributed by atoms with Gasteiger partial charge in [-0.1, -0.05) is 24.3 Å². The van der Waals surface area contributed by atoms with Crippen LogP contribution in [0.15, 0.2) is 24.3 Å². The summed E-state index contributed by atoms with van der Waals surface area (Å²) in [5.41, 5.74) is 1.48. The van der Waals surface area contributed by atoms with Crippen molar-refractivity contribution < 1.29 is 50.8 Å². The van der Waals surface area contributed by atoms with Crippen LogP contribution in [-0.4, -0.2) is 119 Å². The van der Waals surface area contributed by atoms with E-state index >= 15 is 0 Å². The molecule has 0 unspecified atom stereocenters. The maximum absolute atomic E-state index is 11.8. The lowest BCUT2D eigenvalue weighted by atomic mass is 10.1. The van der Waals surface area contributed by atoms with Crippen LogP contribution in [0.1, 0.15) is 17.5 Å². The van der Waals surface area contributed by atoms with E-state index in [1.807, 2.05) is 0 Å². The van der Waals surface area contributed by atoms with Gasteiger partial charge in [-0.25, -0.2) is 0 Å². The summed E-state index contributed by atoms with van der Waals surface area (Å²) >= 11 is 0. The van der Waals surface area contributed by atoms with Gasteiger partial charge in [0, 0.05) is 32.7 Å². The van der Waals surface area contributed by atoms with E-state index in [-0.39, 0.29) is 62.9 Å². The van der Waals surface area contributed by atoms with Crippen LogP contribution < -0.4 is 0 Å². The quantitative estimate of drug-likeness (QED) is 0.144. The van der Waals surface area contributed by atoms with Gasteiger partial charge < -0.3 is 0 Å². The molecule has 1 rings (SSSR count). The largest absolute Gasteiger partial charge is 0.298 e. The smallest absolute Gasteiger partial charge is 0.268 e. The lowest BCUT2D eigenvalue weighted by Crippen LogP contribution is -2.34. The Labute approximate surface area is 226 Å². The standard InChI is InChI=1S/C20H36N2O12S4/c1-32-36(26,27)13-9-21(8-5-12-35(23,24)25)17-19-6-4-7-20(16-19)18-22(10-14-37(28,29)33-2)11-15-38(30,31)34-3/h4,6-7,16H,5,8-15,17-18H2,1-3H3,(H,23,24,25). The van der Waals surface area contributed by atoms with Crippen molar-refractivity contribution in [3.05, 3.63) is 35.4 Å². The first-order valence-corrected chi connectivity index (χ1v) is 17.7. The molecule has 0 fully saturated rings. The molecule has 0 bridgehead atoms. The molecular weight excluding hydrogens is 588 g/mol. The molecule has 0 saturated heterocycles. The van der Waals surface area contributed by atoms with Gasteiger partial charge in [0.25, 0.3) is 40.5 Å². The van der Waals surface area contributed by atoms with Gasteiger partial charge in [0.05, 0.1) is 44.3 Å². The average molecular weight is 625 g/mol. The van der Waals surface area contributed by atoms with Crippen molar-refractivity contribution in [3.63, 3.8) is 0 Å². The molecule has 0 aliphatic carbocycles. The molecule has 0 spiro atoms. The van der Waals surface area contributed by atoms with E-state index in [1.54, 1.807) is 34.1 Å². The molecule has 0 aliphatic rings. The van der Waals surface area contributed by atoms with Gasteiger partial charge in [0.2, 0.25) is 0 Å². The van der Waals surface area contributed by atoms with Crippen molar-refractivity contribution in [1.29, 1.82) is 0 Å². The maximum atomic E-state index is 11.8. The Morgan fingerprint density at radius 1 is 0.632 bits per heavy atom. The summed E-state index contributed by atoms with van der Waals surface area (Å²) in [6, 6.07) is 7.08. The van der Waals surface area contributed by atoms with Crippen molar-refractivity contribution in [3.8, 4) is 0 Å². The first-order chi connectivity index (χ1) is 17.5. The van der Waals surface area contributed by atoms with E-state index in [1.165, 1.54) is 0 Å². The highest BCUT2D eigenvalue weighted by Gasteiger charge is 2.18. The summed E-state index contributed by atoms with van der Waals surface area (Å²) in [4.78, 5) is 3.33. The monoisotopic (exact) mass is 624 g/mol. The van der Waals surface area contributed by atoms with Crippen molar-refractivity contribution >= 4 is 40.5 Å². The van der Waals surface area contributed by atoms with E-state index in [0.29, 0.717) is 0 Å². The Hall–Kier alpha value is -1.22. The Morgan fingerprint density at radius 2 is 1.00 bits per heavy atom. The molecular formula is C20H36N2O12S4. The predicted molar refractivity (Wildman–Crippen MR) is 140 cm³/mol. The van der Waals surface area contributed by atoms with Gasteiger partial charge in [0.1, 0.15) is 0 Å². The zero-order valence-corrected chi connectivity index (χ0v) is 24.8. The topological polar surface area (TPSA) is 191 Å². The molecule has 0 radical (unpaired) electrons. The molecule has 1 aromatic rings. The Bertz CT molecular complexity index is 1260. The molecule has 0 saturated carbocycles. The van der Waals surface area contributed by atoms with Gasteiger partial charge >= 0.3 is 0 Å². The lowest BCUT2D eigenvalue weighted by Gasteiger charge is -2.24. The fraction of sp³-hybridized carbons (Fsp3) is 0.700. The molecule has 14 nitrogen and oxygen atoms in total. The molecule has 0 amide bonds. The van der Waals surface area contributed by atoms with E-state index in [0.717, 1.165) is 32.5 Å². The molecule has 0 atom stereocenters. The molecule has 1 aromatic carbocycles. The van der Waals surface area contributed by atoms with E-state index in [4.69, 9.17) is 4.55 Å². The third-order valence-electron chi connectivity index (χ3n) is 5.41. The normalized spacial score (nSPS) is 13.4. The first kappa shape index (κ1) is 34.8. The Balaban J connectivity index is 3.04. The minimum absolute atomic E-state index is 0.00370. The predicted octanol–water partition coefficient (Wildman–Crippen LogP) is -0.503.